The zero-order valence-electron chi connectivity index (χ0n) is 12.2. The van der Waals surface area contributed by atoms with Gasteiger partial charge in [0.25, 0.3) is 5.52 Å². The molecule has 2 rings (SSSR count). The third kappa shape index (κ3) is 2.85. The fourth-order valence-corrected chi connectivity index (χ4v) is 2.20. The number of rotatable bonds is 1. The van der Waals surface area contributed by atoms with Crippen LogP contribution in [-0.2, 0) is 0 Å². The van der Waals surface area contributed by atoms with Gasteiger partial charge in [0.15, 0.2) is 0 Å². The van der Waals surface area contributed by atoms with Crippen LogP contribution in [0.4, 0.5) is 0 Å². The molecule has 0 saturated carbocycles. The van der Waals surface area contributed by atoms with E-state index in [1.54, 1.807) is 20.8 Å². The molecule has 0 fully saturated rings. The Morgan fingerprint density at radius 2 is 2.00 bits per heavy atom. The maximum Gasteiger partial charge on any atom is 0.346 e. The van der Waals surface area contributed by atoms with Gasteiger partial charge in [-0.3, -0.25) is 4.79 Å². The number of carbonyl (C=O) groups excluding carboxylic acids is 1. The summed E-state index contributed by atoms with van der Waals surface area (Å²) in [6.07, 6.45) is 0. The number of halogens is 1. The lowest BCUT2D eigenvalue weighted by Gasteiger charge is -2.21. The largest absolute Gasteiger partial charge is 0.805 e. The van der Waals surface area contributed by atoms with Crippen LogP contribution in [-0.4, -0.2) is 16.2 Å². The summed E-state index contributed by atoms with van der Waals surface area (Å²) in [6.45, 7) is 6.81. The zero-order valence-corrected chi connectivity index (χ0v) is 13.0. The van der Waals surface area contributed by atoms with Gasteiger partial charge in [-0.05, 0) is 39.8 Å². The van der Waals surface area contributed by atoms with Gasteiger partial charge in [-0.15, -0.1) is 0 Å². The average molecular weight is 310 g/mol. The quantitative estimate of drug-likeness (QED) is 0.821. The minimum absolute atomic E-state index is 0.0431. The summed E-state index contributed by atoms with van der Waals surface area (Å²) in [7, 11) is 0. The highest BCUT2D eigenvalue weighted by atomic mass is 35.5. The topological polar surface area (TPSA) is 80.1 Å². The molecular formula is C14H16ClN3O3. The Morgan fingerprint density at radius 1 is 1.38 bits per heavy atom. The van der Waals surface area contributed by atoms with E-state index in [1.807, 2.05) is 0 Å². The predicted molar refractivity (Wildman–Crippen MR) is 81.0 cm³/mol. The van der Waals surface area contributed by atoms with Gasteiger partial charge in [-0.2, -0.15) is 0 Å². The van der Waals surface area contributed by atoms with Crippen molar-refractivity contribution in [2.24, 2.45) is 0 Å². The third-order valence-corrected chi connectivity index (χ3v) is 3.16. The van der Waals surface area contributed by atoms with E-state index >= 15 is 0 Å². The minimum Gasteiger partial charge on any atom is -0.805 e. The second kappa shape index (κ2) is 5.04. The highest BCUT2D eigenvalue weighted by molar-refractivity contribution is 6.31. The molecule has 2 aromatic rings. The minimum atomic E-state index is -0.596. The van der Waals surface area contributed by atoms with Crippen LogP contribution in [0.1, 0.15) is 37.0 Å². The van der Waals surface area contributed by atoms with Crippen LogP contribution in [0.15, 0.2) is 18.2 Å². The number of benzene rings is 1. The van der Waals surface area contributed by atoms with Crippen LogP contribution in [0.5, 0.6) is 0 Å². The first kappa shape index (κ1) is 15.3. The number of aromatic nitrogens is 2. The fourth-order valence-electron chi connectivity index (χ4n) is 2.03. The number of hydrogen-bond donors (Lipinski definition) is 1. The molecule has 0 aliphatic rings. The maximum atomic E-state index is 12.4. The summed E-state index contributed by atoms with van der Waals surface area (Å²) in [5, 5.41) is 15.2. The molecule has 1 N–H and O–H groups in total. The van der Waals surface area contributed by atoms with Crippen molar-refractivity contribution in [3.8, 4) is 0 Å². The lowest BCUT2D eigenvalue weighted by atomic mass is 10.1. The van der Waals surface area contributed by atoms with Crippen molar-refractivity contribution in [2.75, 3.05) is 0 Å². The van der Waals surface area contributed by atoms with Gasteiger partial charge in [0.2, 0.25) is 0 Å². The van der Waals surface area contributed by atoms with Crippen molar-refractivity contribution in [3.63, 3.8) is 0 Å². The highest BCUT2D eigenvalue weighted by Crippen LogP contribution is 2.18. The first-order valence-electron chi connectivity index (χ1n) is 6.39. The van der Waals surface area contributed by atoms with Gasteiger partial charge in [-0.1, -0.05) is 11.6 Å². The molecule has 6 nitrogen and oxygen atoms in total. The second-order valence-electron chi connectivity index (χ2n) is 5.86. The monoisotopic (exact) mass is 309 g/mol. The van der Waals surface area contributed by atoms with E-state index in [0.717, 1.165) is 0 Å². The summed E-state index contributed by atoms with van der Waals surface area (Å²) in [5.74, 6) is -0.596. The summed E-state index contributed by atoms with van der Waals surface area (Å²) in [6, 6.07) is 4.34. The van der Waals surface area contributed by atoms with Crippen molar-refractivity contribution >= 4 is 28.5 Å². The Labute approximate surface area is 126 Å². The van der Waals surface area contributed by atoms with Gasteiger partial charge in [0.05, 0.1) is 10.1 Å². The lowest BCUT2D eigenvalue weighted by molar-refractivity contribution is -0.468. The van der Waals surface area contributed by atoms with Crippen molar-refractivity contribution in [3.05, 3.63) is 44.7 Å². The van der Waals surface area contributed by atoms with Crippen LogP contribution in [0.3, 0.4) is 0 Å². The Balaban J connectivity index is 2.76. The molecule has 0 aliphatic heterocycles. The molecule has 7 heteroatoms. The standard InChI is InChI=1S/C14H16ClN3O3/c1-8-12(13(19)16-14(2,3)4)18(21)11-7-9(15)5-6-10(11)17(8)20/h5-7H,1-4H3,(H,16,19). The predicted octanol–water partition coefficient (Wildman–Crippen LogP) is 2.39. The number of hydrogen-bond acceptors (Lipinski definition) is 3. The average Bonchev–Trinajstić information content (AvgIpc) is 2.34. The first-order valence-corrected chi connectivity index (χ1v) is 6.77. The molecule has 0 atom stereocenters. The van der Waals surface area contributed by atoms with E-state index in [9.17, 15) is 14.9 Å². The summed E-state index contributed by atoms with van der Waals surface area (Å²) in [5.41, 5.74) is -0.481. The number of nitrogens with zero attached hydrogens (tertiary/aromatic N) is 2. The molecular weight excluding hydrogens is 294 g/mol. The molecule has 1 aromatic carbocycles. The van der Waals surface area contributed by atoms with E-state index in [0.29, 0.717) is 14.2 Å². The van der Waals surface area contributed by atoms with Gasteiger partial charge < -0.3 is 15.3 Å². The molecule has 0 spiro atoms. The SMILES string of the molecule is Cc1c(C(=O)NC(C)(C)C)[n+](=O)c2cc(Cl)ccc2n1[O-]. The van der Waals surface area contributed by atoms with Crippen molar-refractivity contribution in [1.82, 2.24) is 10.0 Å². The molecule has 1 heterocycles. The van der Waals surface area contributed by atoms with E-state index in [-0.39, 0.29) is 22.4 Å². The van der Waals surface area contributed by atoms with E-state index in [2.05, 4.69) is 5.32 Å². The van der Waals surface area contributed by atoms with Crippen LogP contribution in [0.2, 0.25) is 5.02 Å². The molecule has 21 heavy (non-hydrogen) atoms. The lowest BCUT2D eigenvalue weighted by Crippen LogP contribution is -2.45. The zero-order chi connectivity index (χ0) is 15.9. The summed E-state index contributed by atoms with van der Waals surface area (Å²) < 4.78 is 1.02. The number of amides is 1. The normalized spacial score (nSPS) is 11.7. The highest BCUT2D eigenvalue weighted by Gasteiger charge is 2.29. The molecule has 0 aliphatic carbocycles. The van der Waals surface area contributed by atoms with Crippen molar-refractivity contribution in [1.29, 1.82) is 0 Å². The molecule has 1 amide bonds. The number of nitrogens with one attached hydrogen (secondary N) is 1. The Morgan fingerprint density at radius 3 is 2.57 bits per heavy atom. The Kier molecular flexibility index (Phi) is 3.67. The van der Waals surface area contributed by atoms with Crippen LogP contribution >= 0.6 is 11.6 Å². The van der Waals surface area contributed by atoms with Crippen molar-refractivity contribution < 1.29 is 9.22 Å². The molecule has 1 aromatic heterocycles. The van der Waals surface area contributed by atoms with Crippen LogP contribution in [0, 0.1) is 17.0 Å². The van der Waals surface area contributed by atoms with Gasteiger partial charge in [0.1, 0.15) is 5.52 Å². The van der Waals surface area contributed by atoms with E-state index in [4.69, 9.17) is 11.6 Å². The molecule has 0 radical (unpaired) electrons. The fraction of sp³-hybridized carbons (Fsp3) is 0.357. The van der Waals surface area contributed by atoms with E-state index in [1.165, 1.54) is 25.1 Å². The first-order chi connectivity index (χ1) is 9.61. The molecule has 0 bridgehead atoms. The van der Waals surface area contributed by atoms with E-state index < -0.39 is 11.4 Å². The Bertz CT molecular complexity index is 791. The smallest absolute Gasteiger partial charge is 0.346 e. The second-order valence-corrected chi connectivity index (χ2v) is 6.30. The van der Waals surface area contributed by atoms with Crippen LogP contribution in [0.25, 0.3) is 11.0 Å². The Hall–Kier alpha value is -2.08. The van der Waals surface area contributed by atoms with Crippen LogP contribution < -0.4 is 9.74 Å². The number of carbonyl (C=O) groups is 1. The maximum absolute atomic E-state index is 12.4. The third-order valence-electron chi connectivity index (χ3n) is 2.93. The molecule has 0 saturated heterocycles. The number of fused-ring (bicyclic) bond motifs is 1. The summed E-state index contributed by atoms with van der Waals surface area (Å²) >= 11 is 5.86. The van der Waals surface area contributed by atoms with Gasteiger partial charge in [-0.25, -0.2) is 0 Å². The molecule has 0 unspecified atom stereocenters. The van der Waals surface area contributed by atoms with Gasteiger partial charge >= 0.3 is 11.6 Å². The van der Waals surface area contributed by atoms with Crippen molar-refractivity contribution in [2.45, 2.75) is 33.2 Å². The molecule has 112 valence electrons. The van der Waals surface area contributed by atoms with Gasteiger partial charge in [0, 0.05) is 21.5 Å². The summed E-state index contributed by atoms with van der Waals surface area (Å²) in [4.78, 5) is 24.7.